The van der Waals surface area contributed by atoms with Gasteiger partial charge in [-0.25, -0.2) is 0 Å². The average molecular weight is 301 g/mol. The number of halogens is 1. The number of carbonyl (C=O) groups is 2. The molecule has 1 aromatic rings. The number of anilines is 1. The van der Waals surface area contributed by atoms with E-state index < -0.39 is 12.0 Å². The Kier molecular flexibility index (Phi) is 7.87. The number of aliphatic carboxylic acids is 1. The lowest BCUT2D eigenvalue weighted by molar-refractivity contribution is -0.142. The lowest BCUT2D eigenvalue weighted by Crippen LogP contribution is -2.40. The lowest BCUT2D eigenvalue weighted by atomic mass is 10.1. The first-order valence-corrected chi connectivity index (χ1v) is 6.26. The van der Waals surface area contributed by atoms with Crippen LogP contribution < -0.4 is 5.32 Å². The largest absolute Gasteiger partial charge is 0.480 e. The molecular formula is C14H21ClN2O3. The molecule has 6 heteroatoms. The van der Waals surface area contributed by atoms with Gasteiger partial charge in [0.1, 0.15) is 6.04 Å². The number of aryl methyl sites for hydroxylation is 1. The third kappa shape index (κ3) is 5.19. The summed E-state index contributed by atoms with van der Waals surface area (Å²) in [5.74, 6) is -1.15. The van der Waals surface area contributed by atoms with Crippen molar-refractivity contribution in [3.05, 3.63) is 29.8 Å². The molecule has 0 spiro atoms. The minimum atomic E-state index is -0.941. The summed E-state index contributed by atoms with van der Waals surface area (Å²) in [5, 5.41) is 11.7. The molecule has 0 aliphatic carbocycles. The second-order valence-corrected chi connectivity index (χ2v) is 4.49. The topological polar surface area (TPSA) is 69.6 Å². The molecule has 1 atom stereocenters. The van der Waals surface area contributed by atoms with Crippen molar-refractivity contribution in [1.82, 2.24) is 4.90 Å². The molecule has 0 aliphatic rings. The van der Waals surface area contributed by atoms with E-state index in [1.807, 2.05) is 31.2 Å². The Labute approximate surface area is 125 Å². The molecule has 0 aromatic heterocycles. The van der Waals surface area contributed by atoms with Crippen LogP contribution in [0.1, 0.15) is 19.4 Å². The summed E-state index contributed by atoms with van der Waals surface area (Å²) >= 11 is 0. The molecule has 1 unspecified atom stereocenters. The van der Waals surface area contributed by atoms with Gasteiger partial charge in [0.2, 0.25) is 5.91 Å². The second-order valence-electron chi connectivity index (χ2n) is 4.49. The van der Waals surface area contributed by atoms with E-state index in [1.54, 1.807) is 14.0 Å². The third-order valence-electron chi connectivity index (χ3n) is 3.08. The number of carbonyl (C=O) groups excluding carboxylic acids is 1. The number of hydrogen-bond donors (Lipinski definition) is 2. The predicted octanol–water partition coefficient (Wildman–Crippen LogP) is 2.01. The first-order valence-electron chi connectivity index (χ1n) is 6.26. The van der Waals surface area contributed by atoms with Crippen LogP contribution in [0, 0.1) is 0 Å². The summed E-state index contributed by atoms with van der Waals surface area (Å²) in [7, 11) is 1.62. The summed E-state index contributed by atoms with van der Waals surface area (Å²) in [6, 6.07) is 6.90. The van der Waals surface area contributed by atoms with Gasteiger partial charge in [-0.05, 0) is 32.0 Å². The molecule has 2 N–H and O–H groups in total. The van der Waals surface area contributed by atoms with Crippen LogP contribution in [0.2, 0.25) is 0 Å². The van der Waals surface area contributed by atoms with Crippen molar-refractivity contribution in [2.24, 2.45) is 0 Å². The molecule has 0 bridgehead atoms. The Morgan fingerprint density at radius 3 is 2.50 bits per heavy atom. The van der Waals surface area contributed by atoms with Crippen molar-refractivity contribution in [3.63, 3.8) is 0 Å². The number of amides is 1. The van der Waals surface area contributed by atoms with E-state index in [4.69, 9.17) is 5.11 Å². The molecule has 5 nitrogen and oxygen atoms in total. The maximum Gasteiger partial charge on any atom is 0.320 e. The zero-order chi connectivity index (χ0) is 14.4. The number of rotatable bonds is 6. The monoisotopic (exact) mass is 300 g/mol. The van der Waals surface area contributed by atoms with E-state index >= 15 is 0 Å². The molecule has 0 saturated carbocycles. The van der Waals surface area contributed by atoms with Gasteiger partial charge in [-0.15, -0.1) is 12.4 Å². The Balaban J connectivity index is 0.00000361. The van der Waals surface area contributed by atoms with E-state index in [2.05, 4.69) is 5.32 Å². The van der Waals surface area contributed by atoms with Crippen LogP contribution in [0.25, 0.3) is 0 Å². The van der Waals surface area contributed by atoms with Gasteiger partial charge < -0.3 is 10.4 Å². The van der Waals surface area contributed by atoms with Gasteiger partial charge in [0.25, 0.3) is 0 Å². The molecule has 1 amide bonds. The van der Waals surface area contributed by atoms with Gasteiger partial charge >= 0.3 is 5.97 Å². The fourth-order valence-corrected chi connectivity index (χ4v) is 1.69. The molecular weight excluding hydrogens is 280 g/mol. The maximum absolute atomic E-state index is 11.9. The highest BCUT2D eigenvalue weighted by atomic mass is 35.5. The summed E-state index contributed by atoms with van der Waals surface area (Å²) in [5.41, 5.74) is 1.84. The summed E-state index contributed by atoms with van der Waals surface area (Å²) in [6.07, 6.45) is 0.831. The molecule has 0 fully saturated rings. The zero-order valence-corrected chi connectivity index (χ0v) is 12.7. The van der Waals surface area contributed by atoms with Gasteiger partial charge in [-0.2, -0.15) is 0 Å². The molecule has 112 valence electrons. The number of nitrogens with one attached hydrogen (secondary N) is 1. The van der Waals surface area contributed by atoms with E-state index in [9.17, 15) is 9.59 Å². The molecule has 0 saturated heterocycles. The van der Waals surface area contributed by atoms with Crippen LogP contribution in [0.5, 0.6) is 0 Å². The average Bonchev–Trinajstić information content (AvgIpc) is 2.38. The number of likely N-dealkylation sites (N-methyl/N-ethyl adjacent to an activating group) is 1. The summed E-state index contributed by atoms with van der Waals surface area (Å²) < 4.78 is 0. The third-order valence-corrected chi connectivity index (χ3v) is 3.08. The van der Waals surface area contributed by atoms with E-state index in [0.29, 0.717) is 0 Å². The second kappa shape index (κ2) is 8.55. The standard InChI is InChI=1S/C14H20N2O3.ClH/c1-4-11-7-5-6-8-12(11)15-13(17)9-16(3)10(2)14(18)19;/h5-8,10H,4,9H2,1-3H3,(H,15,17)(H,18,19);1H. The summed E-state index contributed by atoms with van der Waals surface area (Å²) in [6.45, 7) is 3.62. The number of hydrogen-bond acceptors (Lipinski definition) is 3. The van der Waals surface area contributed by atoms with E-state index in [-0.39, 0.29) is 24.9 Å². The van der Waals surface area contributed by atoms with Gasteiger partial charge in [0.05, 0.1) is 6.54 Å². The number of carboxylic acid groups (broad SMARTS) is 1. The fraction of sp³-hybridized carbons (Fsp3) is 0.429. The van der Waals surface area contributed by atoms with E-state index in [1.165, 1.54) is 4.90 Å². The highest BCUT2D eigenvalue weighted by Crippen LogP contribution is 2.15. The van der Waals surface area contributed by atoms with Crippen molar-refractivity contribution in [1.29, 1.82) is 0 Å². The van der Waals surface area contributed by atoms with Crippen molar-refractivity contribution < 1.29 is 14.7 Å². The fourth-order valence-electron chi connectivity index (χ4n) is 1.69. The van der Waals surface area contributed by atoms with Gasteiger partial charge in [-0.3, -0.25) is 14.5 Å². The Morgan fingerprint density at radius 1 is 1.35 bits per heavy atom. The Hall–Kier alpha value is -1.59. The smallest absolute Gasteiger partial charge is 0.320 e. The van der Waals surface area contributed by atoms with Gasteiger partial charge in [0.15, 0.2) is 0 Å². The molecule has 1 aromatic carbocycles. The Bertz CT molecular complexity index is 465. The molecule has 1 rings (SSSR count). The van der Waals surface area contributed by atoms with Crippen molar-refractivity contribution in [2.75, 3.05) is 18.9 Å². The minimum absolute atomic E-state index is 0. The quantitative estimate of drug-likeness (QED) is 0.843. The lowest BCUT2D eigenvalue weighted by Gasteiger charge is -2.20. The van der Waals surface area contributed by atoms with Crippen LogP contribution in [-0.4, -0.2) is 41.5 Å². The minimum Gasteiger partial charge on any atom is -0.480 e. The van der Waals surface area contributed by atoms with Crippen LogP contribution in [0.15, 0.2) is 24.3 Å². The van der Waals surface area contributed by atoms with Crippen LogP contribution in [0.4, 0.5) is 5.69 Å². The SMILES string of the molecule is CCc1ccccc1NC(=O)CN(C)C(C)C(=O)O.Cl. The van der Waals surface area contributed by atoms with Crippen molar-refractivity contribution in [3.8, 4) is 0 Å². The predicted molar refractivity (Wildman–Crippen MR) is 81.4 cm³/mol. The maximum atomic E-state index is 11.9. The Morgan fingerprint density at radius 2 is 1.95 bits per heavy atom. The number of nitrogens with zero attached hydrogens (tertiary/aromatic N) is 1. The van der Waals surface area contributed by atoms with Crippen LogP contribution >= 0.6 is 12.4 Å². The van der Waals surface area contributed by atoms with Gasteiger partial charge in [-0.1, -0.05) is 25.1 Å². The van der Waals surface area contributed by atoms with Crippen molar-refractivity contribution in [2.45, 2.75) is 26.3 Å². The zero-order valence-electron chi connectivity index (χ0n) is 11.9. The highest BCUT2D eigenvalue weighted by Gasteiger charge is 2.19. The molecule has 20 heavy (non-hydrogen) atoms. The number of benzene rings is 1. The van der Waals surface area contributed by atoms with Gasteiger partial charge in [0, 0.05) is 5.69 Å². The first-order chi connectivity index (χ1) is 8.95. The highest BCUT2D eigenvalue weighted by molar-refractivity contribution is 5.93. The number of carboxylic acids is 1. The summed E-state index contributed by atoms with van der Waals surface area (Å²) in [4.78, 5) is 24.2. The van der Waals surface area contributed by atoms with Crippen LogP contribution in [-0.2, 0) is 16.0 Å². The first kappa shape index (κ1) is 18.4. The van der Waals surface area contributed by atoms with Crippen LogP contribution in [0.3, 0.4) is 0 Å². The molecule has 0 radical (unpaired) electrons. The molecule has 0 aliphatic heterocycles. The number of para-hydroxylation sites is 1. The van der Waals surface area contributed by atoms with E-state index in [0.717, 1.165) is 17.7 Å². The molecule has 0 heterocycles. The van der Waals surface area contributed by atoms with Crippen molar-refractivity contribution >= 4 is 30.0 Å². The normalized spacial score (nSPS) is 11.6.